The van der Waals surface area contributed by atoms with Crippen molar-refractivity contribution >= 4 is 40.8 Å². The molecule has 1 unspecified atom stereocenters. The number of carboxylic acid groups (broad SMARTS) is 1. The average Bonchev–Trinajstić information content (AvgIpc) is 2.86. The lowest BCUT2D eigenvalue weighted by molar-refractivity contribution is -0.116. The number of nitrogens with one attached hydrogen (secondary N) is 1. The Labute approximate surface area is 126 Å². The first kappa shape index (κ1) is 14.9. The lowest BCUT2D eigenvalue weighted by Gasteiger charge is -2.13. The van der Waals surface area contributed by atoms with E-state index in [1.165, 1.54) is 12.1 Å². The Balaban J connectivity index is 2.19. The molecule has 1 aromatic rings. The summed E-state index contributed by atoms with van der Waals surface area (Å²) in [6, 6.07) is 2.85. The van der Waals surface area contributed by atoms with E-state index in [2.05, 4.69) is 5.32 Å². The van der Waals surface area contributed by atoms with Gasteiger partial charge in [0, 0.05) is 6.42 Å². The van der Waals surface area contributed by atoms with Crippen molar-refractivity contribution in [3.8, 4) is 0 Å². The van der Waals surface area contributed by atoms with Gasteiger partial charge in [-0.2, -0.15) is 0 Å². The number of anilines is 1. The van der Waals surface area contributed by atoms with Gasteiger partial charge in [-0.05, 0) is 30.9 Å². The number of aromatic carboxylic acids is 1. The Morgan fingerprint density at radius 1 is 1.30 bits per heavy atom. The normalized spacial score (nSPS) is 17.2. The fraction of sp³-hybridized carbons (Fsp3) is 0.286. The molecule has 0 saturated heterocycles. The first-order valence-electron chi connectivity index (χ1n) is 6.17. The highest BCUT2D eigenvalue weighted by Gasteiger charge is 2.21. The first-order chi connectivity index (χ1) is 9.49. The number of halogens is 2. The van der Waals surface area contributed by atoms with E-state index in [0.717, 1.165) is 12.8 Å². The molecule has 0 fully saturated rings. The van der Waals surface area contributed by atoms with Crippen molar-refractivity contribution in [1.29, 1.82) is 0 Å². The quantitative estimate of drug-likeness (QED) is 0.826. The lowest BCUT2D eigenvalue weighted by Crippen LogP contribution is -2.17. The minimum Gasteiger partial charge on any atom is -0.478 e. The number of carbonyl (C=O) groups excluding carboxylic acids is 1. The third-order valence-electron chi connectivity index (χ3n) is 3.14. The van der Waals surface area contributed by atoms with E-state index in [4.69, 9.17) is 28.3 Å². The maximum Gasteiger partial charge on any atom is 0.339 e. The minimum absolute atomic E-state index is 0.0398. The topological polar surface area (TPSA) is 66.4 Å². The standard InChI is InChI=1S/C14H13Cl2NO3/c15-9-5-6-10(16)13(12(9)14(19)20)17-11(18)7-8-3-1-2-4-8/h1,3,5-6,8H,2,4,7H2,(H,17,18)(H,19,20). The molecule has 0 aromatic heterocycles. The third kappa shape index (κ3) is 3.32. The lowest BCUT2D eigenvalue weighted by atomic mass is 10.0. The fourth-order valence-corrected chi connectivity index (χ4v) is 2.62. The Morgan fingerprint density at radius 2 is 2.00 bits per heavy atom. The second kappa shape index (κ2) is 6.29. The fourth-order valence-electron chi connectivity index (χ4n) is 2.18. The van der Waals surface area contributed by atoms with Crippen LogP contribution in [0.1, 0.15) is 29.6 Å². The summed E-state index contributed by atoms with van der Waals surface area (Å²) in [4.78, 5) is 23.2. The number of allylic oxidation sites excluding steroid dienone is 2. The highest BCUT2D eigenvalue weighted by molar-refractivity contribution is 6.38. The molecule has 0 aliphatic heterocycles. The zero-order chi connectivity index (χ0) is 14.7. The number of carboxylic acids is 1. The molecule has 1 aliphatic carbocycles. The monoisotopic (exact) mass is 313 g/mol. The van der Waals surface area contributed by atoms with Gasteiger partial charge in [-0.1, -0.05) is 35.4 Å². The van der Waals surface area contributed by atoms with E-state index in [1.807, 2.05) is 12.2 Å². The van der Waals surface area contributed by atoms with Crippen LogP contribution in [0.4, 0.5) is 5.69 Å². The number of amides is 1. The van der Waals surface area contributed by atoms with Crippen molar-refractivity contribution in [2.45, 2.75) is 19.3 Å². The Bertz CT molecular complexity index is 584. The van der Waals surface area contributed by atoms with Gasteiger partial charge in [0.05, 0.1) is 15.7 Å². The van der Waals surface area contributed by atoms with Gasteiger partial charge in [-0.3, -0.25) is 4.79 Å². The van der Waals surface area contributed by atoms with Crippen molar-refractivity contribution < 1.29 is 14.7 Å². The molecule has 2 N–H and O–H groups in total. The highest BCUT2D eigenvalue weighted by atomic mass is 35.5. The Hall–Kier alpha value is -1.52. The second-order valence-corrected chi connectivity index (χ2v) is 5.42. The van der Waals surface area contributed by atoms with Gasteiger partial charge in [0.2, 0.25) is 5.91 Å². The minimum atomic E-state index is -1.23. The maximum absolute atomic E-state index is 12.0. The van der Waals surface area contributed by atoms with Gasteiger partial charge in [0.25, 0.3) is 0 Å². The molecule has 20 heavy (non-hydrogen) atoms. The summed E-state index contributed by atoms with van der Waals surface area (Å²) in [5, 5.41) is 11.9. The van der Waals surface area contributed by atoms with E-state index in [-0.39, 0.29) is 33.1 Å². The van der Waals surface area contributed by atoms with Crippen LogP contribution in [0.25, 0.3) is 0 Å². The molecule has 106 valence electrons. The van der Waals surface area contributed by atoms with Gasteiger partial charge in [-0.15, -0.1) is 0 Å². The molecular weight excluding hydrogens is 301 g/mol. The predicted molar refractivity (Wildman–Crippen MR) is 78.5 cm³/mol. The van der Waals surface area contributed by atoms with Crippen molar-refractivity contribution in [1.82, 2.24) is 0 Å². The molecular formula is C14H13Cl2NO3. The van der Waals surface area contributed by atoms with E-state index >= 15 is 0 Å². The van der Waals surface area contributed by atoms with Crippen LogP contribution in [-0.2, 0) is 4.79 Å². The SMILES string of the molecule is O=C(CC1C=CCC1)Nc1c(Cl)ccc(Cl)c1C(=O)O. The summed E-state index contributed by atoms with van der Waals surface area (Å²) in [5.41, 5.74) is -0.131. The van der Waals surface area contributed by atoms with Crippen LogP contribution < -0.4 is 5.32 Å². The smallest absolute Gasteiger partial charge is 0.339 e. The van der Waals surface area contributed by atoms with Crippen molar-refractivity contribution in [3.63, 3.8) is 0 Å². The highest BCUT2D eigenvalue weighted by Crippen LogP contribution is 2.32. The molecule has 6 heteroatoms. The van der Waals surface area contributed by atoms with Crippen molar-refractivity contribution in [2.75, 3.05) is 5.32 Å². The van der Waals surface area contributed by atoms with E-state index in [0.29, 0.717) is 6.42 Å². The third-order valence-corrected chi connectivity index (χ3v) is 3.77. The van der Waals surface area contributed by atoms with E-state index < -0.39 is 5.97 Å². The van der Waals surface area contributed by atoms with Crippen LogP contribution in [-0.4, -0.2) is 17.0 Å². The van der Waals surface area contributed by atoms with Crippen LogP contribution in [0.5, 0.6) is 0 Å². The van der Waals surface area contributed by atoms with Crippen LogP contribution in [0.3, 0.4) is 0 Å². The molecule has 0 spiro atoms. The van der Waals surface area contributed by atoms with Gasteiger partial charge >= 0.3 is 5.97 Å². The van der Waals surface area contributed by atoms with Gasteiger partial charge < -0.3 is 10.4 Å². The molecule has 1 aliphatic rings. The summed E-state index contributed by atoms with van der Waals surface area (Å²) >= 11 is 11.8. The molecule has 1 atom stereocenters. The van der Waals surface area contributed by atoms with Crippen molar-refractivity contribution in [3.05, 3.63) is 39.9 Å². The largest absolute Gasteiger partial charge is 0.478 e. The van der Waals surface area contributed by atoms with E-state index in [9.17, 15) is 9.59 Å². The molecule has 0 heterocycles. The number of hydrogen-bond donors (Lipinski definition) is 2. The number of rotatable bonds is 4. The number of hydrogen-bond acceptors (Lipinski definition) is 2. The van der Waals surface area contributed by atoms with Crippen LogP contribution in [0.15, 0.2) is 24.3 Å². The number of carbonyl (C=O) groups is 2. The van der Waals surface area contributed by atoms with Crippen LogP contribution >= 0.6 is 23.2 Å². The van der Waals surface area contributed by atoms with Crippen molar-refractivity contribution in [2.24, 2.45) is 5.92 Å². The summed E-state index contributed by atoms with van der Waals surface area (Å²) in [7, 11) is 0. The molecule has 0 bridgehead atoms. The summed E-state index contributed by atoms with van der Waals surface area (Å²) < 4.78 is 0. The summed E-state index contributed by atoms with van der Waals surface area (Å²) in [6.07, 6.45) is 6.24. The molecule has 0 saturated carbocycles. The predicted octanol–water partition coefficient (Wildman–Crippen LogP) is 3.99. The van der Waals surface area contributed by atoms with Crippen LogP contribution in [0.2, 0.25) is 10.0 Å². The molecule has 4 nitrogen and oxygen atoms in total. The zero-order valence-electron chi connectivity index (χ0n) is 10.5. The maximum atomic E-state index is 12.0. The summed E-state index contributed by atoms with van der Waals surface area (Å²) in [6.45, 7) is 0. The Kier molecular flexibility index (Phi) is 4.68. The van der Waals surface area contributed by atoms with Crippen LogP contribution in [0, 0.1) is 5.92 Å². The first-order valence-corrected chi connectivity index (χ1v) is 6.92. The van der Waals surface area contributed by atoms with Gasteiger partial charge in [0.15, 0.2) is 0 Å². The average molecular weight is 314 g/mol. The zero-order valence-corrected chi connectivity index (χ0v) is 12.0. The molecule has 1 amide bonds. The molecule has 2 rings (SSSR count). The molecule has 1 aromatic carbocycles. The number of benzene rings is 1. The second-order valence-electron chi connectivity index (χ2n) is 4.60. The van der Waals surface area contributed by atoms with Gasteiger partial charge in [-0.25, -0.2) is 4.79 Å². The van der Waals surface area contributed by atoms with Gasteiger partial charge in [0.1, 0.15) is 5.56 Å². The Morgan fingerprint density at radius 3 is 2.60 bits per heavy atom. The molecule has 0 radical (unpaired) electrons. The summed E-state index contributed by atoms with van der Waals surface area (Å²) in [5.74, 6) is -1.30. The van der Waals surface area contributed by atoms with E-state index in [1.54, 1.807) is 0 Å².